The molecule has 0 heterocycles. The van der Waals surface area contributed by atoms with Gasteiger partial charge < -0.3 is 9.84 Å². The van der Waals surface area contributed by atoms with Crippen molar-refractivity contribution in [2.24, 2.45) is 0 Å². The highest BCUT2D eigenvalue weighted by Gasteiger charge is 2.32. The van der Waals surface area contributed by atoms with Gasteiger partial charge in [-0.3, -0.25) is 0 Å². The number of aromatic carboxylic acids is 1. The summed E-state index contributed by atoms with van der Waals surface area (Å²) >= 11 is 22.9. The number of hydrogen-bond acceptors (Lipinski definition) is 2. The molecular weight excluding hydrogens is 310 g/mol. The van der Waals surface area contributed by atoms with Crippen LogP contribution in [0, 0.1) is 0 Å². The second-order valence-corrected chi connectivity index (χ2v) is 5.97. The van der Waals surface area contributed by atoms with Crippen molar-refractivity contribution in [1.82, 2.24) is 0 Å². The molecule has 1 unspecified atom stereocenters. The number of carboxylic acid groups (broad SMARTS) is 1. The molecule has 0 aliphatic carbocycles. The maximum Gasteiger partial charge on any atom is 0.339 e. The number of halogens is 4. The Labute approximate surface area is 118 Å². The van der Waals surface area contributed by atoms with Gasteiger partial charge in [0.2, 0.25) is 3.79 Å². The Morgan fingerprint density at radius 2 is 2.00 bits per heavy atom. The van der Waals surface area contributed by atoms with E-state index in [-0.39, 0.29) is 11.3 Å². The van der Waals surface area contributed by atoms with E-state index in [2.05, 4.69) is 0 Å². The monoisotopic (exact) mass is 316 g/mol. The molecule has 0 spiro atoms. The van der Waals surface area contributed by atoms with Crippen LogP contribution in [0.3, 0.4) is 0 Å². The summed E-state index contributed by atoms with van der Waals surface area (Å²) in [4.78, 5) is 11.0. The zero-order valence-electron chi connectivity index (χ0n) is 8.58. The molecule has 0 aliphatic heterocycles. The molecule has 0 aliphatic rings. The van der Waals surface area contributed by atoms with Crippen LogP contribution in [0.2, 0.25) is 0 Å². The zero-order chi connectivity index (χ0) is 13.2. The van der Waals surface area contributed by atoms with Gasteiger partial charge in [-0.1, -0.05) is 40.9 Å². The van der Waals surface area contributed by atoms with Gasteiger partial charge in [0.1, 0.15) is 16.7 Å². The lowest BCUT2D eigenvalue weighted by atomic mass is 10.1. The summed E-state index contributed by atoms with van der Waals surface area (Å²) in [6.45, 7) is 0. The van der Waals surface area contributed by atoms with Crippen molar-refractivity contribution < 1.29 is 14.6 Å². The van der Waals surface area contributed by atoms with Crippen molar-refractivity contribution in [2.45, 2.75) is 9.17 Å². The van der Waals surface area contributed by atoms with Crippen LogP contribution in [0.25, 0.3) is 0 Å². The number of carbonyl (C=O) groups is 1. The van der Waals surface area contributed by atoms with E-state index in [1.807, 2.05) is 0 Å². The highest BCUT2D eigenvalue weighted by atomic mass is 35.6. The lowest BCUT2D eigenvalue weighted by Gasteiger charge is -2.19. The van der Waals surface area contributed by atoms with Crippen LogP contribution >= 0.6 is 46.4 Å². The van der Waals surface area contributed by atoms with E-state index < -0.39 is 15.1 Å². The smallest absolute Gasteiger partial charge is 0.339 e. The first kappa shape index (κ1) is 14.7. The average Bonchev–Trinajstić information content (AvgIpc) is 2.25. The lowest BCUT2D eigenvalue weighted by molar-refractivity contribution is 0.0693. The van der Waals surface area contributed by atoms with E-state index in [9.17, 15) is 4.79 Å². The van der Waals surface area contributed by atoms with Gasteiger partial charge in [-0.2, -0.15) is 0 Å². The van der Waals surface area contributed by atoms with Crippen LogP contribution < -0.4 is 4.74 Å². The number of ether oxygens (including phenoxy) is 1. The molecule has 0 amide bonds. The summed E-state index contributed by atoms with van der Waals surface area (Å²) in [5.41, 5.74) is 0.356. The molecule has 1 atom stereocenters. The van der Waals surface area contributed by atoms with Gasteiger partial charge in [-0.15, -0.1) is 11.6 Å². The minimum absolute atomic E-state index is 0.0371. The van der Waals surface area contributed by atoms with Crippen molar-refractivity contribution in [2.75, 3.05) is 7.11 Å². The van der Waals surface area contributed by atoms with Gasteiger partial charge in [0.05, 0.1) is 7.11 Å². The number of carboxylic acids is 1. The van der Waals surface area contributed by atoms with Gasteiger partial charge in [0, 0.05) is 0 Å². The molecule has 1 rings (SSSR count). The average molecular weight is 318 g/mol. The normalized spacial score (nSPS) is 13.2. The fourth-order valence-corrected chi connectivity index (χ4v) is 1.75. The molecule has 94 valence electrons. The highest BCUT2D eigenvalue weighted by molar-refractivity contribution is 6.70. The van der Waals surface area contributed by atoms with Crippen molar-refractivity contribution in [3.63, 3.8) is 0 Å². The van der Waals surface area contributed by atoms with E-state index >= 15 is 0 Å². The van der Waals surface area contributed by atoms with Gasteiger partial charge in [-0.05, 0) is 17.7 Å². The Morgan fingerprint density at radius 3 is 2.41 bits per heavy atom. The minimum Gasteiger partial charge on any atom is -0.496 e. The van der Waals surface area contributed by atoms with Crippen molar-refractivity contribution >= 4 is 52.4 Å². The molecule has 0 radical (unpaired) electrons. The predicted octanol–water partition coefficient (Wildman–Crippen LogP) is 4.04. The molecule has 0 saturated carbocycles. The molecule has 3 nitrogen and oxygen atoms in total. The largest absolute Gasteiger partial charge is 0.496 e. The summed E-state index contributed by atoms with van der Waals surface area (Å²) in [6.07, 6.45) is 0. The van der Waals surface area contributed by atoms with E-state index in [0.29, 0.717) is 5.56 Å². The van der Waals surface area contributed by atoms with Gasteiger partial charge in [0.15, 0.2) is 0 Å². The molecule has 0 aromatic heterocycles. The fraction of sp³-hybridized carbons (Fsp3) is 0.300. The van der Waals surface area contributed by atoms with Crippen LogP contribution in [-0.4, -0.2) is 22.0 Å². The number of hydrogen-bond donors (Lipinski definition) is 1. The molecule has 7 heteroatoms. The molecule has 0 fully saturated rings. The van der Waals surface area contributed by atoms with E-state index in [1.54, 1.807) is 6.07 Å². The zero-order valence-corrected chi connectivity index (χ0v) is 11.6. The summed E-state index contributed by atoms with van der Waals surface area (Å²) in [5.74, 6) is -0.925. The molecule has 1 aromatic carbocycles. The van der Waals surface area contributed by atoms with Crippen LogP contribution in [0.5, 0.6) is 5.75 Å². The Bertz CT molecular complexity index is 428. The number of rotatable bonds is 3. The quantitative estimate of drug-likeness (QED) is 0.856. The van der Waals surface area contributed by atoms with Crippen LogP contribution in [-0.2, 0) is 0 Å². The first-order valence-electron chi connectivity index (χ1n) is 4.39. The Kier molecular flexibility index (Phi) is 4.78. The first-order valence-corrected chi connectivity index (χ1v) is 5.96. The summed E-state index contributed by atoms with van der Waals surface area (Å²) in [5, 5.41) is 8.04. The van der Waals surface area contributed by atoms with Gasteiger partial charge in [0.25, 0.3) is 0 Å². The van der Waals surface area contributed by atoms with Crippen LogP contribution in [0.15, 0.2) is 18.2 Å². The molecular formula is C10H8Cl4O3. The molecule has 0 saturated heterocycles. The number of benzene rings is 1. The standard InChI is InChI=1S/C10H8Cl4O3/c1-17-7-3-2-5(4-6(7)9(15)16)8(11)10(12,13)14/h2-4,8H,1H3,(H,15,16). The second-order valence-electron chi connectivity index (χ2n) is 3.17. The fourth-order valence-electron chi connectivity index (χ4n) is 1.24. The summed E-state index contributed by atoms with van der Waals surface area (Å²) < 4.78 is 3.19. The lowest BCUT2D eigenvalue weighted by Crippen LogP contribution is -2.12. The van der Waals surface area contributed by atoms with Gasteiger partial charge >= 0.3 is 5.97 Å². The van der Waals surface area contributed by atoms with Crippen molar-refractivity contribution in [3.8, 4) is 5.75 Å². The van der Waals surface area contributed by atoms with Crippen LogP contribution in [0.4, 0.5) is 0 Å². The maximum absolute atomic E-state index is 11.0. The van der Waals surface area contributed by atoms with E-state index in [4.69, 9.17) is 56.2 Å². The third-order valence-corrected chi connectivity index (χ3v) is 3.60. The summed E-state index contributed by atoms with van der Waals surface area (Å²) in [6, 6.07) is 4.33. The minimum atomic E-state index is -1.72. The third-order valence-electron chi connectivity index (χ3n) is 2.03. The number of alkyl halides is 4. The molecule has 17 heavy (non-hydrogen) atoms. The second kappa shape index (κ2) is 5.53. The topological polar surface area (TPSA) is 46.5 Å². The maximum atomic E-state index is 11.0. The van der Waals surface area contributed by atoms with Crippen LogP contribution in [0.1, 0.15) is 21.3 Å². The summed E-state index contributed by atoms with van der Waals surface area (Å²) in [7, 11) is 1.37. The third kappa shape index (κ3) is 3.55. The SMILES string of the molecule is COc1ccc(C(Cl)C(Cl)(Cl)Cl)cc1C(=O)O. The molecule has 0 bridgehead atoms. The predicted molar refractivity (Wildman–Crippen MR) is 68.8 cm³/mol. The first-order chi connectivity index (χ1) is 7.77. The van der Waals surface area contributed by atoms with Crippen molar-refractivity contribution in [3.05, 3.63) is 29.3 Å². The molecule has 1 aromatic rings. The highest BCUT2D eigenvalue weighted by Crippen LogP contribution is 2.44. The van der Waals surface area contributed by atoms with Gasteiger partial charge in [-0.25, -0.2) is 4.79 Å². The number of methoxy groups -OCH3 is 1. The molecule has 1 N–H and O–H groups in total. The Morgan fingerprint density at radius 1 is 1.41 bits per heavy atom. The van der Waals surface area contributed by atoms with E-state index in [0.717, 1.165) is 0 Å². The Balaban J connectivity index is 3.21. The van der Waals surface area contributed by atoms with Crippen molar-refractivity contribution in [1.29, 1.82) is 0 Å². The Hall–Kier alpha value is -0.350. The van der Waals surface area contributed by atoms with E-state index in [1.165, 1.54) is 19.2 Å².